The molecule has 1 aliphatic heterocycles. The summed E-state index contributed by atoms with van der Waals surface area (Å²) in [5.74, 6) is -4.61. The van der Waals surface area contributed by atoms with Crippen molar-refractivity contribution in [2.45, 2.75) is 70.0 Å². The van der Waals surface area contributed by atoms with Crippen LogP contribution in [0.4, 0.5) is 0 Å². The van der Waals surface area contributed by atoms with Crippen molar-refractivity contribution in [1.82, 2.24) is 26.6 Å². The molecule has 202 valence electrons. The Hall–Kier alpha value is -3.91. The summed E-state index contributed by atoms with van der Waals surface area (Å²) in [7, 11) is 0. The van der Waals surface area contributed by atoms with Crippen LogP contribution in [-0.2, 0) is 28.8 Å². The van der Waals surface area contributed by atoms with Gasteiger partial charge in [0.2, 0.25) is 29.5 Å². The number of rotatable bonds is 6. The zero-order valence-corrected chi connectivity index (χ0v) is 20.3. The molecular weight excluding hydrogens is 476 g/mol. The summed E-state index contributed by atoms with van der Waals surface area (Å²) < 4.78 is 0. The lowest BCUT2D eigenvalue weighted by Gasteiger charge is -2.21. The number of carboxylic acid groups (broad SMARTS) is 1. The first-order valence-corrected chi connectivity index (χ1v) is 11.7. The van der Waals surface area contributed by atoms with Gasteiger partial charge in [0, 0.05) is 19.5 Å². The summed E-state index contributed by atoms with van der Waals surface area (Å²) in [6.07, 6.45) is 1.74. The number of hydrogen-bond acceptors (Lipinski definition) is 7. The van der Waals surface area contributed by atoms with Crippen molar-refractivity contribution in [2.75, 3.05) is 19.6 Å². The van der Waals surface area contributed by atoms with Crippen molar-refractivity contribution in [1.29, 1.82) is 0 Å². The quantitative estimate of drug-likeness (QED) is 0.101. The zero-order valence-electron chi connectivity index (χ0n) is 20.3. The van der Waals surface area contributed by atoms with E-state index in [2.05, 4.69) is 31.6 Å². The highest BCUT2D eigenvalue weighted by atomic mass is 16.4. The minimum Gasteiger partial charge on any atom is -0.481 e. The first kappa shape index (κ1) is 30.1. The Kier molecular flexibility index (Phi) is 13.3. The second kappa shape index (κ2) is 15.9. The van der Waals surface area contributed by atoms with Crippen LogP contribution < -0.4 is 38.1 Å². The van der Waals surface area contributed by atoms with E-state index in [1.807, 2.05) is 0 Å². The van der Waals surface area contributed by atoms with Crippen molar-refractivity contribution < 1.29 is 33.9 Å². The summed E-state index contributed by atoms with van der Waals surface area (Å²) in [6.45, 7) is 1.40. The van der Waals surface area contributed by atoms with E-state index < -0.39 is 60.7 Å². The molecule has 0 saturated carbocycles. The number of amides is 5. The summed E-state index contributed by atoms with van der Waals surface area (Å²) >= 11 is 0. The molecule has 15 nitrogen and oxygen atoms in total. The average molecular weight is 513 g/mol. The van der Waals surface area contributed by atoms with Gasteiger partial charge in [-0.1, -0.05) is 6.42 Å². The van der Waals surface area contributed by atoms with E-state index in [-0.39, 0.29) is 31.3 Å². The third-order valence-corrected chi connectivity index (χ3v) is 5.18. The van der Waals surface area contributed by atoms with Crippen molar-refractivity contribution in [2.24, 2.45) is 16.5 Å². The van der Waals surface area contributed by atoms with E-state index >= 15 is 0 Å². The molecule has 1 fully saturated rings. The van der Waals surface area contributed by atoms with Gasteiger partial charge in [0.15, 0.2) is 5.96 Å². The molecule has 0 aromatic rings. The second-order valence-electron chi connectivity index (χ2n) is 8.34. The molecular formula is C21H36N8O7. The molecule has 0 aromatic heterocycles. The molecule has 0 aliphatic carbocycles. The standard InChI is InChI=1S/C21H36N8O7/c1-12-18(34)24-8-4-2-3-7-15(30)28-13(6-5-9-25-21(22)23)19(35)26-11-16(31)29-14(10-17(32)33)20(36)27-12/h12-14H,2-11H2,1H3,(H,24,34)(H,26,35)(H,27,36)(H,28,30)(H,29,31)(H,32,33)(H4,22,23,25)/t12?,13-,14?/m0/s1. The third-order valence-electron chi connectivity index (χ3n) is 5.18. The third kappa shape index (κ3) is 12.5. The van der Waals surface area contributed by atoms with Crippen LogP contribution in [0.15, 0.2) is 4.99 Å². The van der Waals surface area contributed by atoms with Gasteiger partial charge in [-0.3, -0.25) is 33.8 Å². The Bertz CT molecular complexity index is 844. The topological polar surface area (TPSA) is 247 Å². The van der Waals surface area contributed by atoms with E-state index in [1.54, 1.807) is 0 Å². The van der Waals surface area contributed by atoms with Crippen LogP contribution in [0.25, 0.3) is 0 Å². The number of carbonyl (C=O) groups is 6. The largest absolute Gasteiger partial charge is 0.481 e. The Morgan fingerprint density at radius 3 is 2.28 bits per heavy atom. The van der Waals surface area contributed by atoms with Gasteiger partial charge >= 0.3 is 5.97 Å². The van der Waals surface area contributed by atoms with E-state index in [0.717, 1.165) is 0 Å². The SMILES string of the molecule is CC1NC(=O)C(CC(=O)O)NC(=O)CNC(=O)[C@H](CCCN=C(N)N)NC(=O)CCCCCNC1=O. The summed E-state index contributed by atoms with van der Waals surface area (Å²) in [5, 5.41) is 21.4. The smallest absolute Gasteiger partial charge is 0.305 e. The Balaban J connectivity index is 2.96. The highest BCUT2D eigenvalue weighted by Gasteiger charge is 2.27. The number of nitrogens with two attached hydrogens (primary N) is 2. The summed E-state index contributed by atoms with van der Waals surface area (Å²) in [5.41, 5.74) is 10.6. The van der Waals surface area contributed by atoms with E-state index in [1.165, 1.54) is 6.92 Å². The Morgan fingerprint density at radius 2 is 1.61 bits per heavy atom. The fourth-order valence-electron chi connectivity index (χ4n) is 3.29. The number of nitrogens with one attached hydrogen (secondary N) is 5. The minimum atomic E-state index is -1.47. The lowest BCUT2D eigenvalue weighted by atomic mass is 10.1. The molecule has 1 aliphatic rings. The number of guanidine groups is 1. The average Bonchev–Trinajstić information content (AvgIpc) is 2.79. The first-order valence-electron chi connectivity index (χ1n) is 11.7. The molecule has 36 heavy (non-hydrogen) atoms. The maximum Gasteiger partial charge on any atom is 0.305 e. The lowest BCUT2D eigenvalue weighted by molar-refractivity contribution is -0.141. The number of carboxylic acids is 1. The Morgan fingerprint density at radius 1 is 0.917 bits per heavy atom. The maximum absolute atomic E-state index is 12.7. The molecule has 1 heterocycles. The maximum atomic E-state index is 12.7. The van der Waals surface area contributed by atoms with Gasteiger partial charge in [0.05, 0.1) is 13.0 Å². The summed E-state index contributed by atoms with van der Waals surface area (Å²) in [6, 6.07) is -3.41. The van der Waals surface area contributed by atoms with Gasteiger partial charge in [-0.2, -0.15) is 0 Å². The molecule has 2 unspecified atom stereocenters. The summed E-state index contributed by atoms with van der Waals surface area (Å²) in [4.78, 5) is 77.1. The fourth-order valence-corrected chi connectivity index (χ4v) is 3.29. The van der Waals surface area contributed by atoms with Gasteiger partial charge in [0.25, 0.3) is 0 Å². The lowest BCUT2D eigenvalue weighted by Crippen LogP contribution is -2.55. The Labute approximate surface area is 208 Å². The number of aliphatic carboxylic acids is 1. The van der Waals surface area contributed by atoms with Crippen LogP contribution in [0.5, 0.6) is 0 Å². The molecule has 1 saturated heterocycles. The zero-order chi connectivity index (χ0) is 27.1. The van der Waals surface area contributed by atoms with E-state index in [9.17, 15) is 28.8 Å². The highest BCUT2D eigenvalue weighted by molar-refractivity contribution is 5.95. The number of hydrogen-bond donors (Lipinski definition) is 8. The van der Waals surface area contributed by atoms with Crippen molar-refractivity contribution in [3.63, 3.8) is 0 Å². The van der Waals surface area contributed by atoms with Gasteiger partial charge in [-0.25, -0.2) is 0 Å². The molecule has 10 N–H and O–H groups in total. The number of carbonyl (C=O) groups excluding carboxylic acids is 5. The van der Waals surface area contributed by atoms with Crippen LogP contribution in [0.2, 0.25) is 0 Å². The van der Waals surface area contributed by atoms with Crippen LogP contribution in [0, 0.1) is 0 Å². The van der Waals surface area contributed by atoms with Crippen LogP contribution >= 0.6 is 0 Å². The van der Waals surface area contributed by atoms with E-state index in [4.69, 9.17) is 16.6 Å². The fraction of sp³-hybridized carbons (Fsp3) is 0.667. The molecule has 5 amide bonds. The number of aliphatic imine (C=N–C) groups is 1. The van der Waals surface area contributed by atoms with Gasteiger partial charge < -0.3 is 43.2 Å². The minimum absolute atomic E-state index is 0.105. The molecule has 0 aromatic carbocycles. The van der Waals surface area contributed by atoms with Crippen molar-refractivity contribution in [3.05, 3.63) is 0 Å². The highest BCUT2D eigenvalue weighted by Crippen LogP contribution is 2.04. The predicted molar refractivity (Wildman–Crippen MR) is 128 cm³/mol. The molecule has 3 atom stereocenters. The normalized spacial score (nSPS) is 23.4. The van der Waals surface area contributed by atoms with E-state index in [0.29, 0.717) is 32.2 Å². The molecule has 15 heteroatoms. The predicted octanol–water partition coefficient (Wildman–Crippen LogP) is -3.20. The first-order chi connectivity index (χ1) is 17.0. The van der Waals surface area contributed by atoms with Crippen LogP contribution in [-0.4, -0.2) is 84.3 Å². The van der Waals surface area contributed by atoms with Crippen molar-refractivity contribution >= 4 is 41.5 Å². The van der Waals surface area contributed by atoms with Crippen LogP contribution in [0.3, 0.4) is 0 Å². The van der Waals surface area contributed by atoms with Crippen LogP contribution in [0.1, 0.15) is 51.9 Å². The van der Waals surface area contributed by atoms with Gasteiger partial charge in [-0.05, 0) is 32.6 Å². The molecule has 0 radical (unpaired) electrons. The van der Waals surface area contributed by atoms with Crippen molar-refractivity contribution in [3.8, 4) is 0 Å². The molecule has 0 spiro atoms. The number of nitrogens with zero attached hydrogens (tertiary/aromatic N) is 1. The van der Waals surface area contributed by atoms with Gasteiger partial charge in [0.1, 0.15) is 18.1 Å². The molecule has 1 rings (SSSR count). The van der Waals surface area contributed by atoms with Gasteiger partial charge in [-0.15, -0.1) is 0 Å². The monoisotopic (exact) mass is 512 g/mol. The molecule has 0 bridgehead atoms. The second-order valence-corrected chi connectivity index (χ2v) is 8.34.